The number of hydrogen-bond acceptors (Lipinski definition) is 5. The van der Waals surface area contributed by atoms with Crippen molar-refractivity contribution >= 4 is 40.3 Å². The maximum Gasteiger partial charge on any atom is 0.273 e. The van der Waals surface area contributed by atoms with Crippen LogP contribution in [0.3, 0.4) is 0 Å². The summed E-state index contributed by atoms with van der Waals surface area (Å²) in [5, 5.41) is 16.8. The van der Waals surface area contributed by atoms with Crippen LogP contribution < -0.4 is 20.4 Å². The SMILES string of the molecule is Cc1c(C(=O)NC(=S)Nc2ccc(N3CC[NH+](Cc4ccccc4F)CC3)cc2)cccc1[N+](=O)[O-]. The predicted molar refractivity (Wildman–Crippen MR) is 141 cm³/mol. The van der Waals surface area contributed by atoms with E-state index >= 15 is 0 Å². The Hall–Kier alpha value is -3.89. The van der Waals surface area contributed by atoms with Gasteiger partial charge in [0.05, 0.1) is 31.1 Å². The van der Waals surface area contributed by atoms with E-state index in [0.29, 0.717) is 12.2 Å². The summed E-state index contributed by atoms with van der Waals surface area (Å²) in [6, 6.07) is 19.0. The number of nitro benzene ring substituents is 1. The summed E-state index contributed by atoms with van der Waals surface area (Å²) in [4.78, 5) is 26.8. The molecular formula is C26H27FN5O3S+. The Morgan fingerprint density at radius 2 is 1.78 bits per heavy atom. The zero-order chi connectivity index (χ0) is 25.7. The number of quaternary nitrogens is 1. The maximum absolute atomic E-state index is 13.9. The molecule has 0 saturated carbocycles. The maximum atomic E-state index is 13.9. The highest BCUT2D eigenvalue weighted by molar-refractivity contribution is 7.80. The molecule has 1 fully saturated rings. The lowest BCUT2D eigenvalue weighted by Crippen LogP contribution is -3.13. The average molecular weight is 509 g/mol. The molecule has 1 aliphatic rings. The first kappa shape index (κ1) is 25.2. The smallest absolute Gasteiger partial charge is 0.273 e. The highest BCUT2D eigenvalue weighted by Gasteiger charge is 2.22. The second-order valence-corrected chi connectivity index (χ2v) is 9.08. The van der Waals surface area contributed by atoms with Gasteiger partial charge in [0.1, 0.15) is 12.4 Å². The predicted octanol–water partition coefficient (Wildman–Crippen LogP) is 3.07. The highest BCUT2D eigenvalue weighted by atomic mass is 32.1. The van der Waals surface area contributed by atoms with E-state index in [1.807, 2.05) is 36.4 Å². The Bertz CT molecular complexity index is 1280. The van der Waals surface area contributed by atoms with Crippen molar-refractivity contribution in [3.05, 3.63) is 99.4 Å². The molecule has 36 heavy (non-hydrogen) atoms. The van der Waals surface area contributed by atoms with Gasteiger partial charge in [0, 0.05) is 34.1 Å². The van der Waals surface area contributed by atoms with Crippen molar-refractivity contribution in [2.24, 2.45) is 0 Å². The van der Waals surface area contributed by atoms with Crippen molar-refractivity contribution in [1.29, 1.82) is 0 Å². The minimum atomic E-state index is -0.519. The number of hydrogen-bond donors (Lipinski definition) is 3. The Morgan fingerprint density at radius 1 is 1.08 bits per heavy atom. The second-order valence-electron chi connectivity index (χ2n) is 8.67. The number of benzene rings is 3. The molecule has 4 rings (SSSR count). The van der Waals surface area contributed by atoms with Crippen LogP contribution in [0.1, 0.15) is 21.5 Å². The molecule has 8 nitrogen and oxygen atoms in total. The Morgan fingerprint density at radius 3 is 2.44 bits per heavy atom. The number of nitrogens with one attached hydrogen (secondary N) is 3. The fourth-order valence-corrected chi connectivity index (χ4v) is 4.54. The first-order chi connectivity index (χ1) is 17.3. The van der Waals surface area contributed by atoms with E-state index < -0.39 is 10.8 Å². The first-order valence-corrected chi connectivity index (χ1v) is 12.0. The van der Waals surface area contributed by atoms with Crippen molar-refractivity contribution < 1.29 is 19.0 Å². The third kappa shape index (κ3) is 6.02. The summed E-state index contributed by atoms with van der Waals surface area (Å²) in [5.74, 6) is -0.661. The molecule has 1 aliphatic heterocycles. The summed E-state index contributed by atoms with van der Waals surface area (Å²) in [6.45, 7) is 5.79. The molecular weight excluding hydrogens is 481 g/mol. The monoisotopic (exact) mass is 508 g/mol. The third-order valence-corrected chi connectivity index (χ3v) is 6.54. The molecule has 3 aromatic rings. The lowest BCUT2D eigenvalue weighted by molar-refractivity contribution is -0.914. The van der Waals surface area contributed by atoms with Gasteiger partial charge < -0.3 is 15.1 Å². The number of thiocarbonyl (C=S) groups is 1. The molecule has 1 heterocycles. The molecule has 186 valence electrons. The summed E-state index contributed by atoms with van der Waals surface area (Å²) in [5.41, 5.74) is 2.89. The number of carbonyl (C=O) groups excluding carboxylic acids is 1. The molecule has 0 aliphatic carbocycles. The Balaban J connectivity index is 1.29. The van der Waals surface area contributed by atoms with Gasteiger partial charge in [-0.2, -0.15) is 0 Å². The standard InChI is InChI=1S/C26H26FN5O3S/c1-18-22(6-4-8-24(18)32(34)35)25(33)29-26(36)28-20-9-11-21(12-10-20)31-15-13-30(14-16-31)17-19-5-2-3-7-23(19)27/h2-12H,13-17H2,1H3,(H2,28,29,33,36)/p+1. The van der Waals surface area contributed by atoms with Crippen LogP contribution in [-0.4, -0.2) is 42.1 Å². The van der Waals surface area contributed by atoms with E-state index in [2.05, 4.69) is 15.5 Å². The van der Waals surface area contributed by atoms with Crippen LogP contribution in [0, 0.1) is 22.9 Å². The van der Waals surface area contributed by atoms with Gasteiger partial charge in [-0.3, -0.25) is 20.2 Å². The number of anilines is 2. The number of rotatable bonds is 6. The number of halogens is 1. The fraction of sp³-hybridized carbons (Fsp3) is 0.231. The topological polar surface area (TPSA) is 92.0 Å². The van der Waals surface area contributed by atoms with Gasteiger partial charge in [0.25, 0.3) is 11.6 Å². The molecule has 0 unspecified atom stereocenters. The highest BCUT2D eigenvalue weighted by Crippen LogP contribution is 2.21. The summed E-state index contributed by atoms with van der Waals surface area (Å²) in [6.07, 6.45) is 0. The molecule has 0 radical (unpaired) electrons. The lowest BCUT2D eigenvalue weighted by Gasteiger charge is -2.33. The lowest BCUT2D eigenvalue weighted by atomic mass is 10.1. The molecule has 10 heteroatoms. The van der Waals surface area contributed by atoms with E-state index in [4.69, 9.17) is 12.2 Å². The van der Waals surface area contributed by atoms with E-state index in [9.17, 15) is 19.3 Å². The number of amides is 1. The molecule has 0 spiro atoms. The molecule has 0 bridgehead atoms. The van der Waals surface area contributed by atoms with Crippen molar-refractivity contribution in [2.45, 2.75) is 13.5 Å². The van der Waals surface area contributed by atoms with E-state index in [1.54, 1.807) is 6.07 Å². The van der Waals surface area contributed by atoms with Crippen molar-refractivity contribution in [3.63, 3.8) is 0 Å². The molecule has 3 N–H and O–H groups in total. The fourth-order valence-electron chi connectivity index (χ4n) is 4.32. The van der Waals surface area contributed by atoms with E-state index in [1.165, 1.54) is 36.1 Å². The number of piperazine rings is 1. The van der Waals surface area contributed by atoms with Crippen LogP contribution in [0.4, 0.5) is 21.5 Å². The minimum absolute atomic E-state index is 0.101. The van der Waals surface area contributed by atoms with Crippen molar-refractivity contribution in [2.75, 3.05) is 36.4 Å². The average Bonchev–Trinajstić information content (AvgIpc) is 2.86. The third-order valence-electron chi connectivity index (χ3n) is 6.33. The van der Waals surface area contributed by atoms with Crippen LogP contribution in [0.5, 0.6) is 0 Å². The Labute approximate surface area is 213 Å². The van der Waals surface area contributed by atoms with E-state index in [-0.39, 0.29) is 27.7 Å². The Kier molecular flexibility index (Phi) is 7.87. The van der Waals surface area contributed by atoms with Gasteiger partial charge in [0.2, 0.25) is 0 Å². The van der Waals surface area contributed by atoms with Crippen LogP contribution in [-0.2, 0) is 6.54 Å². The minimum Gasteiger partial charge on any atom is -0.360 e. The normalized spacial score (nSPS) is 13.8. The number of nitrogens with zero attached hydrogens (tertiary/aromatic N) is 2. The molecule has 3 aromatic carbocycles. The van der Waals surface area contributed by atoms with Crippen LogP contribution in [0.25, 0.3) is 0 Å². The van der Waals surface area contributed by atoms with Gasteiger partial charge >= 0.3 is 0 Å². The van der Waals surface area contributed by atoms with Gasteiger partial charge in [-0.15, -0.1) is 0 Å². The number of nitro groups is 1. The van der Waals surface area contributed by atoms with Gasteiger partial charge in [-0.05, 0) is 55.5 Å². The van der Waals surface area contributed by atoms with Gasteiger partial charge in [-0.1, -0.05) is 24.3 Å². The van der Waals surface area contributed by atoms with Crippen molar-refractivity contribution in [1.82, 2.24) is 5.32 Å². The second kappa shape index (κ2) is 11.2. The van der Waals surface area contributed by atoms with E-state index in [0.717, 1.165) is 37.4 Å². The van der Waals surface area contributed by atoms with Crippen molar-refractivity contribution in [3.8, 4) is 0 Å². The van der Waals surface area contributed by atoms with Crippen LogP contribution in [0.2, 0.25) is 0 Å². The van der Waals surface area contributed by atoms with Crippen LogP contribution >= 0.6 is 12.2 Å². The van der Waals surface area contributed by atoms with Gasteiger partial charge in [-0.25, -0.2) is 4.39 Å². The molecule has 0 aromatic heterocycles. The quantitative estimate of drug-likeness (QED) is 0.269. The summed E-state index contributed by atoms with van der Waals surface area (Å²) in [7, 11) is 0. The zero-order valence-corrected chi connectivity index (χ0v) is 20.6. The van der Waals surface area contributed by atoms with Crippen LogP contribution in [0.15, 0.2) is 66.7 Å². The largest absolute Gasteiger partial charge is 0.360 e. The first-order valence-electron chi connectivity index (χ1n) is 11.6. The molecule has 1 amide bonds. The molecule has 0 atom stereocenters. The summed E-state index contributed by atoms with van der Waals surface area (Å²) >= 11 is 5.26. The zero-order valence-electron chi connectivity index (χ0n) is 19.8. The number of carbonyl (C=O) groups is 1. The summed E-state index contributed by atoms with van der Waals surface area (Å²) < 4.78 is 13.9. The van der Waals surface area contributed by atoms with Gasteiger partial charge in [0.15, 0.2) is 5.11 Å². The molecule has 1 saturated heterocycles.